The van der Waals surface area contributed by atoms with Crippen molar-refractivity contribution in [3.8, 4) is 0 Å². The van der Waals surface area contributed by atoms with Crippen LogP contribution in [0.5, 0.6) is 0 Å². The van der Waals surface area contributed by atoms with E-state index in [0.717, 1.165) is 29.7 Å². The Morgan fingerprint density at radius 2 is 1.47 bits per heavy atom. The molecule has 0 amide bonds. The highest BCUT2D eigenvalue weighted by Crippen LogP contribution is 2.25. The summed E-state index contributed by atoms with van der Waals surface area (Å²) in [5, 5.41) is 3.72. The summed E-state index contributed by atoms with van der Waals surface area (Å²) in [6, 6.07) is 0.866. The van der Waals surface area contributed by atoms with Gasteiger partial charge in [-0.05, 0) is 62.3 Å². The Bertz CT molecular complexity index is 194. The molecule has 1 saturated carbocycles. The Morgan fingerprint density at radius 1 is 0.882 bits per heavy atom. The topological polar surface area (TPSA) is 12.0 Å². The highest BCUT2D eigenvalue weighted by molar-refractivity contribution is 4.82. The second-order valence-electron chi connectivity index (χ2n) is 7.15. The average molecular weight is 239 g/mol. The predicted octanol–water partition coefficient (Wildman–Crippen LogP) is 4.47. The quantitative estimate of drug-likeness (QED) is 0.626. The molecule has 17 heavy (non-hydrogen) atoms. The van der Waals surface area contributed by atoms with Crippen LogP contribution in [0.4, 0.5) is 0 Å². The van der Waals surface area contributed by atoms with Gasteiger partial charge in [0.1, 0.15) is 0 Å². The monoisotopic (exact) mass is 239 g/mol. The first kappa shape index (κ1) is 15.0. The smallest absolute Gasteiger partial charge is 0.00683 e. The largest absolute Gasteiger partial charge is 0.314 e. The molecule has 0 aromatic carbocycles. The van der Waals surface area contributed by atoms with Crippen LogP contribution in [-0.4, -0.2) is 12.6 Å². The Morgan fingerprint density at radius 3 is 1.94 bits per heavy atom. The number of rotatable bonds is 9. The fraction of sp³-hybridized carbons (Fsp3) is 1.00. The lowest BCUT2D eigenvalue weighted by molar-refractivity contribution is 0.293. The molecule has 0 aliphatic heterocycles. The highest BCUT2D eigenvalue weighted by atomic mass is 14.9. The SMILES string of the molecule is CC(C)CC(C)CC(CNC1CC1)CC(C)C. The summed E-state index contributed by atoms with van der Waals surface area (Å²) in [5.41, 5.74) is 0. The molecule has 1 rings (SSSR count). The van der Waals surface area contributed by atoms with Crippen molar-refractivity contribution in [2.24, 2.45) is 23.7 Å². The van der Waals surface area contributed by atoms with Crippen molar-refractivity contribution in [1.82, 2.24) is 5.32 Å². The Labute approximate surface area is 109 Å². The molecule has 1 nitrogen and oxygen atoms in total. The Balaban J connectivity index is 2.26. The fourth-order valence-corrected chi connectivity index (χ4v) is 3.02. The van der Waals surface area contributed by atoms with Crippen LogP contribution in [0.15, 0.2) is 0 Å². The summed E-state index contributed by atoms with van der Waals surface area (Å²) >= 11 is 0. The molecule has 1 aliphatic carbocycles. The first-order valence-electron chi connectivity index (χ1n) is 7.70. The molecule has 0 radical (unpaired) electrons. The van der Waals surface area contributed by atoms with Crippen LogP contribution < -0.4 is 5.32 Å². The Kier molecular flexibility index (Phi) is 6.54. The van der Waals surface area contributed by atoms with E-state index in [0.29, 0.717) is 0 Å². The lowest BCUT2D eigenvalue weighted by Gasteiger charge is -2.24. The van der Waals surface area contributed by atoms with Gasteiger partial charge in [-0.15, -0.1) is 0 Å². The first-order valence-corrected chi connectivity index (χ1v) is 7.70. The average Bonchev–Trinajstić information content (AvgIpc) is 2.94. The summed E-state index contributed by atoms with van der Waals surface area (Å²) in [6.07, 6.45) is 7.02. The second-order valence-corrected chi connectivity index (χ2v) is 7.15. The van der Waals surface area contributed by atoms with Crippen LogP contribution in [0.3, 0.4) is 0 Å². The van der Waals surface area contributed by atoms with Crippen molar-refractivity contribution in [3.63, 3.8) is 0 Å². The van der Waals surface area contributed by atoms with Gasteiger partial charge in [-0.25, -0.2) is 0 Å². The van der Waals surface area contributed by atoms with Gasteiger partial charge < -0.3 is 5.32 Å². The van der Waals surface area contributed by atoms with Crippen LogP contribution in [0.2, 0.25) is 0 Å². The molecule has 0 saturated heterocycles. The molecule has 102 valence electrons. The Hall–Kier alpha value is -0.0400. The van der Waals surface area contributed by atoms with E-state index >= 15 is 0 Å². The minimum Gasteiger partial charge on any atom is -0.314 e. The van der Waals surface area contributed by atoms with E-state index in [1.807, 2.05) is 0 Å². The molecule has 1 aliphatic rings. The van der Waals surface area contributed by atoms with Gasteiger partial charge in [0, 0.05) is 6.04 Å². The molecule has 0 aromatic heterocycles. The normalized spacial score (nSPS) is 19.9. The van der Waals surface area contributed by atoms with Crippen molar-refractivity contribution < 1.29 is 0 Å². The van der Waals surface area contributed by atoms with Gasteiger partial charge in [0.15, 0.2) is 0 Å². The third kappa shape index (κ3) is 7.81. The zero-order chi connectivity index (χ0) is 12.8. The van der Waals surface area contributed by atoms with Crippen molar-refractivity contribution in [2.45, 2.75) is 72.8 Å². The summed E-state index contributed by atoms with van der Waals surface area (Å²) in [4.78, 5) is 0. The fourth-order valence-electron chi connectivity index (χ4n) is 3.02. The van der Waals surface area contributed by atoms with E-state index in [1.54, 1.807) is 0 Å². The number of hydrogen-bond acceptors (Lipinski definition) is 1. The molecule has 1 N–H and O–H groups in total. The minimum absolute atomic E-state index is 0.840. The standard InChI is InChI=1S/C16H33N/c1-12(2)8-14(5)10-15(9-13(3)4)11-17-16-6-7-16/h12-17H,6-11H2,1-5H3. The molecule has 1 fully saturated rings. The molecular formula is C16H33N. The predicted molar refractivity (Wildman–Crippen MR) is 77.2 cm³/mol. The molecule has 0 heterocycles. The summed E-state index contributed by atoms with van der Waals surface area (Å²) in [5.74, 6) is 3.47. The van der Waals surface area contributed by atoms with Crippen LogP contribution in [0.25, 0.3) is 0 Å². The van der Waals surface area contributed by atoms with E-state index in [1.165, 1.54) is 38.6 Å². The first-order chi connectivity index (χ1) is 7.97. The molecule has 0 aromatic rings. The highest BCUT2D eigenvalue weighted by Gasteiger charge is 2.23. The molecule has 0 bridgehead atoms. The molecular weight excluding hydrogens is 206 g/mol. The van der Waals surface area contributed by atoms with E-state index in [4.69, 9.17) is 0 Å². The third-order valence-electron chi connectivity index (χ3n) is 3.69. The van der Waals surface area contributed by atoms with E-state index in [2.05, 4.69) is 39.9 Å². The van der Waals surface area contributed by atoms with E-state index in [9.17, 15) is 0 Å². The van der Waals surface area contributed by atoms with Gasteiger partial charge in [-0.2, -0.15) is 0 Å². The number of hydrogen-bond donors (Lipinski definition) is 1. The van der Waals surface area contributed by atoms with Crippen LogP contribution in [0, 0.1) is 23.7 Å². The molecule has 1 heteroatoms. The summed E-state index contributed by atoms with van der Waals surface area (Å²) in [7, 11) is 0. The van der Waals surface area contributed by atoms with Crippen LogP contribution >= 0.6 is 0 Å². The summed E-state index contributed by atoms with van der Waals surface area (Å²) in [6.45, 7) is 13.1. The maximum Gasteiger partial charge on any atom is 0.00683 e. The van der Waals surface area contributed by atoms with Gasteiger partial charge in [-0.1, -0.05) is 34.6 Å². The maximum absolute atomic E-state index is 3.72. The van der Waals surface area contributed by atoms with Crippen molar-refractivity contribution in [3.05, 3.63) is 0 Å². The maximum atomic E-state index is 3.72. The van der Waals surface area contributed by atoms with Gasteiger partial charge >= 0.3 is 0 Å². The summed E-state index contributed by atoms with van der Waals surface area (Å²) < 4.78 is 0. The molecule has 2 atom stereocenters. The van der Waals surface area contributed by atoms with Gasteiger partial charge in [0.2, 0.25) is 0 Å². The second kappa shape index (κ2) is 7.41. The third-order valence-corrected chi connectivity index (χ3v) is 3.69. The zero-order valence-corrected chi connectivity index (χ0v) is 12.6. The lowest BCUT2D eigenvalue weighted by Crippen LogP contribution is -2.27. The van der Waals surface area contributed by atoms with Crippen molar-refractivity contribution >= 4 is 0 Å². The molecule has 2 unspecified atom stereocenters. The van der Waals surface area contributed by atoms with Crippen molar-refractivity contribution in [2.75, 3.05) is 6.54 Å². The van der Waals surface area contributed by atoms with Gasteiger partial charge in [0.25, 0.3) is 0 Å². The van der Waals surface area contributed by atoms with Crippen LogP contribution in [-0.2, 0) is 0 Å². The number of nitrogens with one attached hydrogen (secondary N) is 1. The minimum atomic E-state index is 0.840. The van der Waals surface area contributed by atoms with E-state index < -0.39 is 0 Å². The van der Waals surface area contributed by atoms with Crippen molar-refractivity contribution in [1.29, 1.82) is 0 Å². The van der Waals surface area contributed by atoms with Gasteiger partial charge in [0.05, 0.1) is 0 Å². The lowest BCUT2D eigenvalue weighted by atomic mass is 9.85. The molecule has 0 spiro atoms. The van der Waals surface area contributed by atoms with E-state index in [-0.39, 0.29) is 0 Å². The van der Waals surface area contributed by atoms with Gasteiger partial charge in [-0.3, -0.25) is 0 Å². The zero-order valence-electron chi connectivity index (χ0n) is 12.6. The van der Waals surface area contributed by atoms with Crippen LogP contribution in [0.1, 0.15) is 66.7 Å².